The Morgan fingerprint density at radius 3 is 2.65 bits per heavy atom. The van der Waals surface area contributed by atoms with Crippen LogP contribution in [0.3, 0.4) is 0 Å². The number of nitrogens with zero attached hydrogens (tertiary/aromatic N) is 1. The molecule has 0 radical (unpaired) electrons. The number of rotatable bonds is 10. The minimum absolute atomic E-state index is 0.847. The first-order chi connectivity index (χ1) is 8.34. The molecule has 1 aliphatic carbocycles. The summed E-state index contributed by atoms with van der Waals surface area (Å²) in [5.74, 6) is 0. The van der Waals surface area contributed by atoms with Gasteiger partial charge in [0.05, 0.1) is 0 Å². The number of ether oxygens (including phenoxy) is 1. The molecule has 1 fully saturated rings. The first-order valence-corrected chi connectivity index (χ1v) is 7.33. The zero-order valence-electron chi connectivity index (χ0n) is 11.7. The van der Waals surface area contributed by atoms with Crippen LogP contribution in [0.15, 0.2) is 0 Å². The van der Waals surface area contributed by atoms with Gasteiger partial charge in [-0.1, -0.05) is 12.8 Å². The van der Waals surface area contributed by atoms with Gasteiger partial charge in [-0.25, -0.2) is 0 Å². The van der Waals surface area contributed by atoms with Crippen molar-refractivity contribution in [3.05, 3.63) is 0 Å². The van der Waals surface area contributed by atoms with E-state index in [1.807, 2.05) is 0 Å². The Labute approximate surface area is 107 Å². The molecule has 102 valence electrons. The molecule has 0 heterocycles. The fraction of sp³-hybridized carbons (Fsp3) is 1.00. The average molecular weight is 242 g/mol. The third-order valence-electron chi connectivity index (χ3n) is 3.69. The molecule has 0 spiro atoms. The third-order valence-corrected chi connectivity index (χ3v) is 3.69. The first kappa shape index (κ1) is 14.9. The van der Waals surface area contributed by atoms with Crippen molar-refractivity contribution in [1.29, 1.82) is 0 Å². The second-order valence-corrected chi connectivity index (χ2v) is 5.07. The summed E-state index contributed by atoms with van der Waals surface area (Å²) in [6.07, 6.45) is 8.09. The molecule has 0 aromatic carbocycles. The molecule has 0 aliphatic heterocycles. The van der Waals surface area contributed by atoms with Crippen molar-refractivity contribution in [2.75, 3.05) is 39.9 Å². The summed E-state index contributed by atoms with van der Waals surface area (Å²) in [5.41, 5.74) is 0. The van der Waals surface area contributed by atoms with Crippen molar-refractivity contribution in [1.82, 2.24) is 10.2 Å². The van der Waals surface area contributed by atoms with E-state index in [1.54, 1.807) is 0 Å². The SMILES string of the molecule is CCOCCCCNCCN(C)C1CCCC1. The number of hydrogen-bond acceptors (Lipinski definition) is 3. The normalized spacial score (nSPS) is 17.1. The van der Waals surface area contributed by atoms with Crippen LogP contribution < -0.4 is 5.32 Å². The Bertz CT molecular complexity index is 170. The number of likely N-dealkylation sites (N-methyl/N-ethyl adjacent to an activating group) is 1. The Balaban J connectivity index is 1.83. The van der Waals surface area contributed by atoms with E-state index in [0.717, 1.165) is 32.3 Å². The summed E-state index contributed by atoms with van der Waals surface area (Å²) in [4.78, 5) is 2.53. The van der Waals surface area contributed by atoms with E-state index < -0.39 is 0 Å². The molecule has 1 aliphatic rings. The largest absolute Gasteiger partial charge is 0.382 e. The Morgan fingerprint density at radius 1 is 1.18 bits per heavy atom. The molecule has 0 atom stereocenters. The van der Waals surface area contributed by atoms with Crippen LogP contribution in [-0.4, -0.2) is 50.8 Å². The molecule has 3 heteroatoms. The van der Waals surface area contributed by atoms with Crippen LogP contribution in [0.5, 0.6) is 0 Å². The van der Waals surface area contributed by atoms with Gasteiger partial charge in [0.25, 0.3) is 0 Å². The molecule has 1 rings (SSSR count). The first-order valence-electron chi connectivity index (χ1n) is 7.33. The standard InChI is InChI=1S/C14H30N2O/c1-3-17-13-7-6-10-15-11-12-16(2)14-8-4-5-9-14/h14-15H,3-13H2,1-2H3. The summed E-state index contributed by atoms with van der Waals surface area (Å²) in [5, 5.41) is 3.52. The van der Waals surface area contributed by atoms with Crippen molar-refractivity contribution in [3.63, 3.8) is 0 Å². The van der Waals surface area contributed by atoms with E-state index in [9.17, 15) is 0 Å². The zero-order chi connectivity index (χ0) is 12.3. The van der Waals surface area contributed by atoms with E-state index in [1.165, 1.54) is 45.1 Å². The van der Waals surface area contributed by atoms with Gasteiger partial charge in [0, 0.05) is 32.3 Å². The minimum atomic E-state index is 0.847. The van der Waals surface area contributed by atoms with Crippen molar-refractivity contribution >= 4 is 0 Å². The van der Waals surface area contributed by atoms with Crippen LogP contribution in [0, 0.1) is 0 Å². The molecular weight excluding hydrogens is 212 g/mol. The number of nitrogens with one attached hydrogen (secondary N) is 1. The maximum atomic E-state index is 5.31. The fourth-order valence-corrected chi connectivity index (χ4v) is 2.51. The quantitative estimate of drug-likeness (QED) is 0.595. The summed E-state index contributed by atoms with van der Waals surface area (Å²) in [6, 6.07) is 0.856. The van der Waals surface area contributed by atoms with E-state index in [2.05, 4.69) is 24.2 Å². The molecule has 0 amide bonds. The highest BCUT2D eigenvalue weighted by atomic mass is 16.5. The van der Waals surface area contributed by atoms with Crippen LogP contribution in [0.1, 0.15) is 45.4 Å². The minimum Gasteiger partial charge on any atom is -0.382 e. The highest BCUT2D eigenvalue weighted by Gasteiger charge is 2.18. The molecular formula is C14H30N2O. The second kappa shape index (κ2) is 9.86. The number of unbranched alkanes of at least 4 members (excludes halogenated alkanes) is 1. The molecule has 0 unspecified atom stereocenters. The molecule has 1 N–H and O–H groups in total. The Morgan fingerprint density at radius 2 is 1.94 bits per heavy atom. The predicted octanol–water partition coefficient (Wildman–Crippen LogP) is 2.27. The predicted molar refractivity (Wildman–Crippen MR) is 73.5 cm³/mol. The lowest BCUT2D eigenvalue weighted by atomic mass is 10.2. The van der Waals surface area contributed by atoms with E-state index in [-0.39, 0.29) is 0 Å². The summed E-state index contributed by atoms with van der Waals surface area (Å²) in [7, 11) is 2.27. The van der Waals surface area contributed by atoms with Gasteiger partial charge in [-0.2, -0.15) is 0 Å². The molecule has 3 nitrogen and oxygen atoms in total. The zero-order valence-corrected chi connectivity index (χ0v) is 11.7. The molecule has 0 aromatic heterocycles. The lowest BCUT2D eigenvalue weighted by molar-refractivity contribution is 0.143. The van der Waals surface area contributed by atoms with E-state index in [0.29, 0.717) is 0 Å². The van der Waals surface area contributed by atoms with Gasteiger partial charge in [0.2, 0.25) is 0 Å². The maximum Gasteiger partial charge on any atom is 0.0466 e. The second-order valence-electron chi connectivity index (χ2n) is 5.07. The Kier molecular flexibility index (Phi) is 8.67. The lowest BCUT2D eigenvalue weighted by Crippen LogP contribution is -2.35. The van der Waals surface area contributed by atoms with Crippen LogP contribution in [0.2, 0.25) is 0 Å². The van der Waals surface area contributed by atoms with Crippen molar-refractivity contribution < 1.29 is 4.74 Å². The van der Waals surface area contributed by atoms with Gasteiger partial charge in [0.15, 0.2) is 0 Å². The van der Waals surface area contributed by atoms with Gasteiger partial charge in [-0.3, -0.25) is 0 Å². The van der Waals surface area contributed by atoms with Crippen LogP contribution in [0.4, 0.5) is 0 Å². The highest BCUT2D eigenvalue weighted by Crippen LogP contribution is 2.21. The van der Waals surface area contributed by atoms with Gasteiger partial charge >= 0.3 is 0 Å². The van der Waals surface area contributed by atoms with Gasteiger partial charge in [0.1, 0.15) is 0 Å². The lowest BCUT2D eigenvalue weighted by Gasteiger charge is -2.23. The maximum absolute atomic E-state index is 5.31. The van der Waals surface area contributed by atoms with Gasteiger partial charge in [-0.05, 0) is 46.2 Å². The summed E-state index contributed by atoms with van der Waals surface area (Å²) >= 11 is 0. The molecule has 17 heavy (non-hydrogen) atoms. The van der Waals surface area contributed by atoms with E-state index >= 15 is 0 Å². The van der Waals surface area contributed by atoms with Crippen LogP contribution in [0.25, 0.3) is 0 Å². The molecule has 0 saturated heterocycles. The number of hydrogen-bond donors (Lipinski definition) is 1. The third kappa shape index (κ3) is 7.02. The van der Waals surface area contributed by atoms with Gasteiger partial charge in [-0.15, -0.1) is 0 Å². The Hall–Kier alpha value is -0.120. The monoisotopic (exact) mass is 242 g/mol. The summed E-state index contributed by atoms with van der Waals surface area (Å²) < 4.78 is 5.31. The van der Waals surface area contributed by atoms with Gasteiger partial charge < -0.3 is 15.0 Å². The van der Waals surface area contributed by atoms with Crippen molar-refractivity contribution in [3.8, 4) is 0 Å². The molecule has 0 aromatic rings. The van der Waals surface area contributed by atoms with E-state index in [4.69, 9.17) is 4.74 Å². The summed E-state index contributed by atoms with van der Waals surface area (Å²) in [6.45, 7) is 7.26. The average Bonchev–Trinajstić information content (AvgIpc) is 2.86. The van der Waals surface area contributed by atoms with Crippen molar-refractivity contribution in [2.24, 2.45) is 0 Å². The smallest absolute Gasteiger partial charge is 0.0466 e. The van der Waals surface area contributed by atoms with Crippen LogP contribution >= 0.6 is 0 Å². The van der Waals surface area contributed by atoms with Crippen molar-refractivity contribution in [2.45, 2.75) is 51.5 Å². The fourth-order valence-electron chi connectivity index (χ4n) is 2.51. The van der Waals surface area contributed by atoms with Crippen LogP contribution in [-0.2, 0) is 4.74 Å². The highest BCUT2D eigenvalue weighted by molar-refractivity contribution is 4.75. The molecule has 0 bridgehead atoms. The molecule has 1 saturated carbocycles. The topological polar surface area (TPSA) is 24.5 Å².